The lowest BCUT2D eigenvalue weighted by molar-refractivity contribution is 0.0349. The van der Waals surface area contributed by atoms with E-state index in [4.69, 9.17) is 4.74 Å². The highest BCUT2D eigenvalue weighted by atomic mass is 19.1. The number of halogens is 1. The molecule has 0 aromatic heterocycles. The standard InChI is InChI=1S/C13H16FNO3/c1-18-10-4-6-15(7-5-10)13(17)11-8-9(14)2-3-12(11)16/h2-3,8,10,16H,4-7H2,1H3. The van der Waals surface area contributed by atoms with E-state index in [0.717, 1.165) is 25.0 Å². The van der Waals surface area contributed by atoms with Gasteiger partial charge in [0.25, 0.3) is 5.91 Å². The minimum Gasteiger partial charge on any atom is -0.507 e. The molecule has 1 saturated heterocycles. The number of rotatable bonds is 2. The highest BCUT2D eigenvalue weighted by Crippen LogP contribution is 2.22. The first-order valence-electron chi connectivity index (χ1n) is 5.92. The van der Waals surface area contributed by atoms with Crippen LogP contribution in [-0.2, 0) is 4.74 Å². The average molecular weight is 253 g/mol. The van der Waals surface area contributed by atoms with Gasteiger partial charge >= 0.3 is 0 Å². The van der Waals surface area contributed by atoms with Crippen LogP contribution in [0.3, 0.4) is 0 Å². The summed E-state index contributed by atoms with van der Waals surface area (Å²) < 4.78 is 18.3. The summed E-state index contributed by atoms with van der Waals surface area (Å²) >= 11 is 0. The predicted molar refractivity (Wildman–Crippen MR) is 64.0 cm³/mol. The summed E-state index contributed by atoms with van der Waals surface area (Å²) in [4.78, 5) is 13.7. The van der Waals surface area contributed by atoms with E-state index in [1.165, 1.54) is 6.07 Å². The van der Waals surface area contributed by atoms with Crippen LogP contribution in [0.5, 0.6) is 5.75 Å². The van der Waals surface area contributed by atoms with Crippen molar-refractivity contribution in [3.8, 4) is 5.75 Å². The molecule has 0 saturated carbocycles. The molecule has 1 aromatic rings. The van der Waals surface area contributed by atoms with E-state index in [-0.39, 0.29) is 23.3 Å². The Morgan fingerprint density at radius 1 is 1.44 bits per heavy atom. The van der Waals surface area contributed by atoms with E-state index in [2.05, 4.69) is 0 Å². The van der Waals surface area contributed by atoms with Gasteiger partial charge in [0.05, 0.1) is 11.7 Å². The van der Waals surface area contributed by atoms with Crippen molar-refractivity contribution in [2.45, 2.75) is 18.9 Å². The largest absolute Gasteiger partial charge is 0.507 e. The van der Waals surface area contributed by atoms with Gasteiger partial charge in [0, 0.05) is 20.2 Å². The van der Waals surface area contributed by atoms with Crippen molar-refractivity contribution in [1.82, 2.24) is 4.90 Å². The van der Waals surface area contributed by atoms with Crippen molar-refractivity contribution in [3.05, 3.63) is 29.6 Å². The van der Waals surface area contributed by atoms with Crippen molar-refractivity contribution in [1.29, 1.82) is 0 Å². The molecule has 5 heteroatoms. The van der Waals surface area contributed by atoms with E-state index in [1.807, 2.05) is 0 Å². The van der Waals surface area contributed by atoms with Gasteiger partial charge in [-0.15, -0.1) is 0 Å². The van der Waals surface area contributed by atoms with Crippen molar-refractivity contribution >= 4 is 5.91 Å². The van der Waals surface area contributed by atoms with Gasteiger partial charge < -0.3 is 14.7 Å². The second kappa shape index (κ2) is 5.35. The molecule has 1 aliphatic rings. The van der Waals surface area contributed by atoms with E-state index >= 15 is 0 Å². The maximum atomic E-state index is 13.1. The fourth-order valence-electron chi connectivity index (χ4n) is 2.14. The van der Waals surface area contributed by atoms with E-state index in [9.17, 15) is 14.3 Å². The Bertz CT molecular complexity index is 442. The number of piperidine rings is 1. The molecule has 18 heavy (non-hydrogen) atoms. The first-order valence-corrected chi connectivity index (χ1v) is 5.92. The lowest BCUT2D eigenvalue weighted by Crippen LogP contribution is -2.40. The minimum absolute atomic E-state index is 0.0193. The Kier molecular flexibility index (Phi) is 3.81. The van der Waals surface area contributed by atoms with Gasteiger partial charge in [-0.25, -0.2) is 4.39 Å². The number of aromatic hydroxyl groups is 1. The molecule has 98 valence electrons. The number of amides is 1. The first-order chi connectivity index (χ1) is 8.61. The molecule has 1 amide bonds. The molecule has 0 bridgehead atoms. The summed E-state index contributed by atoms with van der Waals surface area (Å²) in [6.45, 7) is 1.13. The predicted octanol–water partition coefficient (Wildman–Crippen LogP) is 1.78. The van der Waals surface area contributed by atoms with E-state index in [1.54, 1.807) is 12.0 Å². The third kappa shape index (κ3) is 2.61. The molecule has 1 aliphatic heterocycles. The van der Waals surface area contributed by atoms with Crippen molar-refractivity contribution < 1.29 is 19.0 Å². The number of nitrogens with zero attached hydrogens (tertiary/aromatic N) is 1. The van der Waals surface area contributed by atoms with Crippen LogP contribution in [0.2, 0.25) is 0 Å². The summed E-state index contributed by atoms with van der Waals surface area (Å²) in [6, 6.07) is 3.40. The zero-order chi connectivity index (χ0) is 13.1. The Labute approximate surface area is 105 Å². The van der Waals surface area contributed by atoms with Crippen LogP contribution in [0.25, 0.3) is 0 Å². The lowest BCUT2D eigenvalue weighted by Gasteiger charge is -2.31. The fraction of sp³-hybridized carbons (Fsp3) is 0.462. The van der Waals surface area contributed by atoms with Gasteiger partial charge in [0.15, 0.2) is 0 Å². The number of likely N-dealkylation sites (tertiary alicyclic amines) is 1. The molecule has 0 radical (unpaired) electrons. The van der Waals surface area contributed by atoms with Gasteiger partial charge in [-0.2, -0.15) is 0 Å². The highest BCUT2D eigenvalue weighted by Gasteiger charge is 2.25. The quantitative estimate of drug-likeness (QED) is 0.874. The average Bonchev–Trinajstić information content (AvgIpc) is 2.41. The summed E-state index contributed by atoms with van der Waals surface area (Å²) in [5.74, 6) is -1.04. The lowest BCUT2D eigenvalue weighted by atomic mass is 10.1. The Hall–Kier alpha value is -1.62. The van der Waals surface area contributed by atoms with Gasteiger partial charge in [0.2, 0.25) is 0 Å². The monoisotopic (exact) mass is 253 g/mol. The molecule has 1 fully saturated rings. The Balaban J connectivity index is 2.10. The third-order valence-corrected chi connectivity index (χ3v) is 3.25. The zero-order valence-corrected chi connectivity index (χ0v) is 10.2. The maximum Gasteiger partial charge on any atom is 0.257 e. The smallest absolute Gasteiger partial charge is 0.257 e. The molecular weight excluding hydrogens is 237 g/mol. The number of phenols is 1. The van der Waals surface area contributed by atoms with Crippen LogP contribution in [0.1, 0.15) is 23.2 Å². The van der Waals surface area contributed by atoms with Gasteiger partial charge in [-0.1, -0.05) is 0 Å². The minimum atomic E-state index is -0.525. The van der Waals surface area contributed by atoms with Crippen LogP contribution in [-0.4, -0.2) is 42.2 Å². The van der Waals surface area contributed by atoms with Crippen molar-refractivity contribution in [2.24, 2.45) is 0 Å². The van der Waals surface area contributed by atoms with Crippen molar-refractivity contribution in [2.75, 3.05) is 20.2 Å². The topological polar surface area (TPSA) is 49.8 Å². The Morgan fingerprint density at radius 2 is 2.11 bits per heavy atom. The molecule has 0 atom stereocenters. The number of benzene rings is 1. The SMILES string of the molecule is COC1CCN(C(=O)c2cc(F)ccc2O)CC1. The second-order valence-corrected chi connectivity index (χ2v) is 4.39. The van der Waals surface area contributed by atoms with Gasteiger partial charge in [-0.3, -0.25) is 4.79 Å². The van der Waals surface area contributed by atoms with Crippen LogP contribution < -0.4 is 0 Å². The number of methoxy groups -OCH3 is 1. The van der Waals surface area contributed by atoms with Gasteiger partial charge in [0.1, 0.15) is 11.6 Å². The molecular formula is C13H16FNO3. The fourth-order valence-corrected chi connectivity index (χ4v) is 2.14. The van der Waals surface area contributed by atoms with Gasteiger partial charge in [-0.05, 0) is 31.0 Å². The zero-order valence-electron chi connectivity index (χ0n) is 10.2. The number of hydrogen-bond acceptors (Lipinski definition) is 3. The molecule has 1 N–H and O–H groups in total. The Morgan fingerprint density at radius 3 is 2.72 bits per heavy atom. The number of ether oxygens (including phenoxy) is 1. The number of hydrogen-bond donors (Lipinski definition) is 1. The normalized spacial score (nSPS) is 16.9. The summed E-state index contributed by atoms with van der Waals surface area (Å²) in [5.41, 5.74) is 0.0193. The number of carbonyl (C=O) groups is 1. The molecule has 0 unspecified atom stereocenters. The molecule has 0 spiro atoms. The number of carbonyl (C=O) groups excluding carboxylic acids is 1. The van der Waals surface area contributed by atoms with Crippen LogP contribution in [0.4, 0.5) is 4.39 Å². The summed E-state index contributed by atoms with van der Waals surface area (Å²) in [6.07, 6.45) is 1.70. The highest BCUT2D eigenvalue weighted by molar-refractivity contribution is 5.96. The van der Waals surface area contributed by atoms with E-state index in [0.29, 0.717) is 13.1 Å². The van der Waals surface area contributed by atoms with Crippen LogP contribution >= 0.6 is 0 Å². The molecule has 1 aromatic carbocycles. The molecule has 2 rings (SSSR count). The molecule has 1 heterocycles. The summed E-state index contributed by atoms with van der Waals surface area (Å²) in [5, 5.41) is 9.60. The molecule has 4 nitrogen and oxygen atoms in total. The van der Waals surface area contributed by atoms with Crippen LogP contribution in [0, 0.1) is 5.82 Å². The number of phenolic OH excluding ortho intramolecular Hbond substituents is 1. The molecule has 0 aliphatic carbocycles. The maximum absolute atomic E-state index is 13.1. The van der Waals surface area contributed by atoms with Crippen molar-refractivity contribution in [3.63, 3.8) is 0 Å². The van der Waals surface area contributed by atoms with Crippen LogP contribution in [0.15, 0.2) is 18.2 Å². The van der Waals surface area contributed by atoms with E-state index < -0.39 is 5.82 Å². The first kappa shape index (κ1) is 12.8. The second-order valence-electron chi connectivity index (χ2n) is 4.39. The summed E-state index contributed by atoms with van der Waals surface area (Å²) in [7, 11) is 1.65. The third-order valence-electron chi connectivity index (χ3n) is 3.25.